The number of aromatic hydroxyl groups is 1. The molecule has 3 aromatic rings. The molecule has 0 saturated carbocycles. The average Bonchev–Trinajstić information content (AvgIpc) is 2.88. The van der Waals surface area contributed by atoms with Gasteiger partial charge < -0.3 is 14.7 Å². The van der Waals surface area contributed by atoms with Gasteiger partial charge in [-0.3, -0.25) is 14.7 Å². The highest BCUT2D eigenvalue weighted by atomic mass is 32.2. The van der Waals surface area contributed by atoms with E-state index in [0.717, 1.165) is 42.1 Å². The van der Waals surface area contributed by atoms with Crippen LogP contribution in [-0.4, -0.2) is 76.5 Å². The van der Waals surface area contributed by atoms with Crippen molar-refractivity contribution in [3.63, 3.8) is 0 Å². The number of carbonyl (C=O) groups excluding carboxylic acids is 1. The molecule has 0 atom stereocenters. The molecule has 1 aliphatic rings. The van der Waals surface area contributed by atoms with E-state index in [1.807, 2.05) is 26.0 Å². The van der Waals surface area contributed by atoms with Crippen LogP contribution in [0.2, 0.25) is 0 Å². The van der Waals surface area contributed by atoms with Gasteiger partial charge in [0.15, 0.2) is 11.5 Å². The number of ether oxygens (including phenoxy) is 1. The zero-order valence-corrected chi connectivity index (χ0v) is 24.3. The van der Waals surface area contributed by atoms with Crippen LogP contribution in [0.4, 0.5) is 5.82 Å². The highest BCUT2D eigenvalue weighted by Gasteiger charge is 2.31. The van der Waals surface area contributed by atoms with E-state index in [4.69, 9.17) is 4.74 Å². The number of carbonyl (C=O) groups is 1. The normalized spacial score (nSPS) is 14.8. The maximum atomic E-state index is 12.4. The van der Waals surface area contributed by atoms with Gasteiger partial charge in [0, 0.05) is 44.5 Å². The molecule has 1 amide bonds. The van der Waals surface area contributed by atoms with Crippen molar-refractivity contribution >= 4 is 21.7 Å². The van der Waals surface area contributed by atoms with Crippen LogP contribution in [0.25, 0.3) is 11.1 Å². The maximum Gasteiger partial charge on any atom is 0.285 e. The van der Waals surface area contributed by atoms with Crippen LogP contribution in [0.5, 0.6) is 11.5 Å². The lowest BCUT2D eigenvalue weighted by atomic mass is 10.0. The van der Waals surface area contributed by atoms with Gasteiger partial charge in [0.1, 0.15) is 11.5 Å². The Bertz CT molecular complexity index is 1450. The van der Waals surface area contributed by atoms with E-state index in [1.54, 1.807) is 18.3 Å². The summed E-state index contributed by atoms with van der Waals surface area (Å²) in [6.07, 6.45) is 3.15. The Morgan fingerprint density at radius 3 is 2.35 bits per heavy atom. The quantitative estimate of drug-likeness (QED) is 0.417. The number of benzene rings is 1. The number of rotatable bonds is 8. The topological polar surface area (TPSA) is 138 Å². The van der Waals surface area contributed by atoms with Gasteiger partial charge in [-0.15, -0.1) is 10.2 Å². The summed E-state index contributed by atoms with van der Waals surface area (Å²) < 4.78 is 31.5. The maximum absolute atomic E-state index is 12.4. The molecule has 11 nitrogen and oxygen atoms in total. The van der Waals surface area contributed by atoms with Crippen molar-refractivity contribution in [2.45, 2.75) is 52.0 Å². The van der Waals surface area contributed by atoms with Crippen LogP contribution in [-0.2, 0) is 16.6 Å². The summed E-state index contributed by atoms with van der Waals surface area (Å²) in [5.74, 6) is 0.695. The predicted molar refractivity (Wildman–Crippen MR) is 153 cm³/mol. The molecule has 0 bridgehead atoms. The lowest BCUT2D eigenvalue weighted by Gasteiger charge is -2.35. The summed E-state index contributed by atoms with van der Waals surface area (Å²) >= 11 is 0. The molecule has 1 saturated heterocycles. The van der Waals surface area contributed by atoms with Crippen LogP contribution in [0, 0.1) is 0 Å². The van der Waals surface area contributed by atoms with Crippen LogP contribution >= 0.6 is 0 Å². The lowest BCUT2D eigenvalue weighted by molar-refractivity contribution is 0.0974. The van der Waals surface area contributed by atoms with E-state index >= 15 is 0 Å². The summed E-state index contributed by atoms with van der Waals surface area (Å²) in [6.45, 7) is 12.2. The Morgan fingerprint density at radius 1 is 1.02 bits per heavy atom. The summed E-state index contributed by atoms with van der Waals surface area (Å²) in [7, 11) is -3.84. The first-order valence-electron chi connectivity index (χ1n) is 13.1. The number of hydrogen-bond donors (Lipinski definition) is 2. The zero-order chi connectivity index (χ0) is 29.1. The van der Waals surface area contributed by atoms with Crippen LogP contribution in [0.15, 0.2) is 48.8 Å². The van der Waals surface area contributed by atoms with Gasteiger partial charge in [-0.05, 0) is 82.1 Å². The molecular formula is C28H36N6O5S. The average molecular weight is 569 g/mol. The van der Waals surface area contributed by atoms with Crippen LogP contribution in [0.3, 0.4) is 0 Å². The second kappa shape index (κ2) is 11.8. The summed E-state index contributed by atoms with van der Waals surface area (Å²) in [5, 5.41) is 18.0. The number of sulfonamides is 1. The van der Waals surface area contributed by atoms with Crippen molar-refractivity contribution in [3.8, 4) is 22.6 Å². The molecule has 40 heavy (non-hydrogen) atoms. The number of pyridine rings is 1. The number of nitrogens with one attached hydrogen (secondary N) is 1. The highest BCUT2D eigenvalue weighted by molar-refractivity contribution is 7.91. The van der Waals surface area contributed by atoms with E-state index in [2.05, 4.69) is 35.8 Å². The van der Waals surface area contributed by atoms with E-state index in [9.17, 15) is 18.3 Å². The van der Waals surface area contributed by atoms with Gasteiger partial charge in [-0.25, -0.2) is 13.1 Å². The number of nitrogens with zero attached hydrogens (tertiary/aromatic N) is 5. The third-order valence-corrected chi connectivity index (χ3v) is 8.48. The van der Waals surface area contributed by atoms with Crippen molar-refractivity contribution in [2.24, 2.45) is 0 Å². The van der Waals surface area contributed by atoms with Gasteiger partial charge in [-0.2, -0.15) is 0 Å². The first-order valence-corrected chi connectivity index (χ1v) is 14.6. The fourth-order valence-corrected chi connectivity index (χ4v) is 4.84. The van der Waals surface area contributed by atoms with Crippen molar-refractivity contribution in [1.29, 1.82) is 0 Å². The predicted octanol–water partition coefficient (Wildman–Crippen LogP) is 3.21. The van der Waals surface area contributed by atoms with Crippen LogP contribution in [0.1, 0.15) is 50.7 Å². The van der Waals surface area contributed by atoms with Crippen molar-refractivity contribution < 1.29 is 23.1 Å². The second-order valence-electron chi connectivity index (χ2n) is 11.1. The van der Waals surface area contributed by atoms with Crippen LogP contribution < -0.4 is 14.4 Å². The van der Waals surface area contributed by atoms with Gasteiger partial charge in [-0.1, -0.05) is 0 Å². The van der Waals surface area contributed by atoms with Gasteiger partial charge >= 0.3 is 0 Å². The Balaban J connectivity index is 1.40. The lowest BCUT2D eigenvalue weighted by Crippen LogP contribution is -2.46. The van der Waals surface area contributed by atoms with Gasteiger partial charge in [0.25, 0.3) is 5.91 Å². The minimum absolute atomic E-state index is 0.0235. The van der Waals surface area contributed by atoms with E-state index in [-0.39, 0.29) is 17.5 Å². The standard InChI is InChI=1S/C28H36N6O5S/c1-19(2)39-24-13-20(12-21(15-24)22-14-23(35)17-29-16-22)18-33-8-10-34(11-9-33)26-7-6-25(30-31-26)27(36)32-40(37,38)28(3,4)5/h6-7,12-17,19,35H,8-11,18H2,1-5H3,(H,32,36). The van der Waals surface area contributed by atoms with Gasteiger partial charge in [0.2, 0.25) is 10.0 Å². The zero-order valence-electron chi connectivity index (χ0n) is 23.5. The number of piperazine rings is 1. The second-order valence-corrected chi connectivity index (χ2v) is 13.5. The molecule has 0 radical (unpaired) electrons. The molecule has 2 N–H and O–H groups in total. The first-order chi connectivity index (χ1) is 18.8. The molecule has 4 rings (SSSR count). The minimum Gasteiger partial charge on any atom is -0.506 e. The molecule has 2 aromatic heterocycles. The van der Waals surface area contributed by atoms with Crippen molar-refractivity contribution in [2.75, 3.05) is 31.1 Å². The summed E-state index contributed by atoms with van der Waals surface area (Å²) in [5.41, 5.74) is 2.76. The molecule has 12 heteroatoms. The first kappa shape index (κ1) is 29.2. The number of amides is 1. The van der Waals surface area contributed by atoms with E-state index in [1.165, 1.54) is 33.0 Å². The Kier molecular flexibility index (Phi) is 8.59. The molecule has 214 valence electrons. The smallest absolute Gasteiger partial charge is 0.285 e. The van der Waals surface area contributed by atoms with E-state index < -0.39 is 20.7 Å². The van der Waals surface area contributed by atoms with Crippen molar-refractivity contribution in [1.82, 2.24) is 24.8 Å². The molecule has 0 aliphatic carbocycles. The molecule has 1 aromatic carbocycles. The Hall–Kier alpha value is -3.77. The largest absolute Gasteiger partial charge is 0.506 e. The molecular weight excluding hydrogens is 532 g/mol. The molecule has 1 fully saturated rings. The minimum atomic E-state index is -3.84. The Labute approximate surface area is 235 Å². The number of aromatic nitrogens is 3. The monoisotopic (exact) mass is 568 g/mol. The highest BCUT2D eigenvalue weighted by Crippen LogP contribution is 2.29. The Morgan fingerprint density at radius 2 is 1.75 bits per heavy atom. The molecule has 0 spiro atoms. The van der Waals surface area contributed by atoms with E-state index in [0.29, 0.717) is 18.9 Å². The molecule has 1 aliphatic heterocycles. The fraction of sp³-hybridized carbons (Fsp3) is 0.429. The fourth-order valence-electron chi connectivity index (χ4n) is 4.18. The summed E-state index contributed by atoms with van der Waals surface area (Å²) in [4.78, 5) is 20.9. The van der Waals surface area contributed by atoms with Gasteiger partial charge in [0.05, 0.1) is 17.0 Å². The summed E-state index contributed by atoms with van der Waals surface area (Å²) in [6, 6.07) is 10.9. The number of anilines is 1. The SMILES string of the molecule is CC(C)Oc1cc(CN2CCN(c3ccc(C(=O)NS(=O)(=O)C(C)(C)C)nn3)CC2)cc(-c2cncc(O)c2)c1. The number of hydrogen-bond acceptors (Lipinski definition) is 10. The molecule has 3 heterocycles. The molecule has 0 unspecified atom stereocenters. The van der Waals surface area contributed by atoms with Crippen molar-refractivity contribution in [3.05, 3.63) is 60.0 Å². The third kappa shape index (κ3) is 7.24. The third-order valence-electron chi connectivity index (χ3n) is 6.41.